The fourth-order valence-electron chi connectivity index (χ4n) is 2.03. The van der Waals surface area contributed by atoms with Crippen molar-refractivity contribution in [3.05, 3.63) is 17.7 Å². The number of aliphatic hydroxyl groups excluding tert-OH is 1. The van der Waals surface area contributed by atoms with E-state index >= 15 is 0 Å². The molecule has 0 fully saturated rings. The lowest BCUT2D eigenvalue weighted by Gasteiger charge is -2.21. The fraction of sp³-hybridized carbons (Fsp3) is 0.500. The summed E-state index contributed by atoms with van der Waals surface area (Å²) in [5.41, 5.74) is 6.57. The number of hydrogen-bond acceptors (Lipinski definition) is 5. The molecule has 1 aromatic carbocycles. The van der Waals surface area contributed by atoms with E-state index in [0.717, 1.165) is 6.42 Å². The van der Waals surface area contributed by atoms with Gasteiger partial charge < -0.3 is 15.6 Å². The monoisotopic (exact) mass is 322 g/mol. The van der Waals surface area contributed by atoms with Crippen molar-refractivity contribution in [1.82, 2.24) is 4.72 Å². The molecule has 21 heavy (non-hydrogen) atoms. The lowest BCUT2D eigenvalue weighted by molar-refractivity contribution is -0.000455. The number of aryl methyl sites for hydroxylation is 1. The van der Waals surface area contributed by atoms with Crippen molar-refractivity contribution in [3.8, 4) is 5.75 Å². The highest BCUT2D eigenvalue weighted by Crippen LogP contribution is 2.34. The minimum absolute atomic E-state index is 0.189. The van der Waals surface area contributed by atoms with Crippen molar-refractivity contribution >= 4 is 15.7 Å². The Morgan fingerprint density at radius 1 is 1.43 bits per heavy atom. The Balaban J connectivity index is 2.29. The number of nitrogens with two attached hydrogens (primary N) is 1. The Kier molecular flexibility index (Phi) is 4.64. The topological polar surface area (TPSA) is 102 Å². The Morgan fingerprint density at radius 3 is 2.81 bits per heavy atom. The molecule has 118 valence electrons. The molecule has 9 heteroatoms. The number of benzene rings is 1. The van der Waals surface area contributed by atoms with Crippen LogP contribution in [0.2, 0.25) is 0 Å². The first-order chi connectivity index (χ1) is 9.81. The van der Waals surface area contributed by atoms with Crippen LogP contribution in [0.5, 0.6) is 5.75 Å². The van der Waals surface area contributed by atoms with Crippen LogP contribution in [0.3, 0.4) is 0 Å². The van der Waals surface area contributed by atoms with Gasteiger partial charge >= 0.3 is 0 Å². The largest absolute Gasteiger partial charge is 0.492 e. The third kappa shape index (κ3) is 3.60. The first-order valence-electron chi connectivity index (χ1n) is 6.32. The number of anilines is 1. The second-order valence-electron chi connectivity index (χ2n) is 4.71. The van der Waals surface area contributed by atoms with E-state index in [9.17, 15) is 17.2 Å². The molecular weight excluding hydrogens is 306 g/mol. The number of halogens is 2. The van der Waals surface area contributed by atoms with Gasteiger partial charge in [-0.05, 0) is 30.5 Å². The van der Waals surface area contributed by atoms with Crippen LogP contribution < -0.4 is 15.2 Å². The molecule has 0 spiro atoms. The zero-order valence-electron chi connectivity index (χ0n) is 11.1. The number of nitrogen functional groups attached to an aromatic ring is 1. The number of alkyl halides is 2. The van der Waals surface area contributed by atoms with E-state index in [-0.39, 0.29) is 16.3 Å². The van der Waals surface area contributed by atoms with Gasteiger partial charge in [0.05, 0.1) is 6.61 Å². The molecule has 1 aliphatic heterocycles. The van der Waals surface area contributed by atoms with Crippen molar-refractivity contribution < 1.29 is 27.0 Å². The van der Waals surface area contributed by atoms with Crippen molar-refractivity contribution in [2.75, 3.05) is 18.9 Å². The first kappa shape index (κ1) is 15.9. The lowest BCUT2D eigenvalue weighted by atomic mass is 10.1. The maximum Gasteiger partial charge on any atom is 0.265 e. The molecule has 1 unspecified atom stereocenters. The van der Waals surface area contributed by atoms with Crippen LogP contribution in [0.25, 0.3) is 0 Å². The standard InChI is InChI=1S/C12H16F2N2O4S/c13-12(14)9(17)6-16-21(18,19)10-5-8(15)4-7-2-1-3-20-11(7)10/h4-5,9,12,16-17H,1-3,6,15H2. The SMILES string of the molecule is Nc1cc2c(c(S(=O)(=O)NCC(O)C(F)F)c1)OCCC2. The summed E-state index contributed by atoms with van der Waals surface area (Å²) < 4.78 is 56.1. The Bertz CT molecular complexity index is 622. The van der Waals surface area contributed by atoms with Gasteiger partial charge in [0.1, 0.15) is 16.7 Å². The number of ether oxygens (including phenoxy) is 1. The first-order valence-corrected chi connectivity index (χ1v) is 7.80. The highest BCUT2D eigenvalue weighted by atomic mass is 32.2. The number of nitrogens with one attached hydrogen (secondary N) is 1. The molecule has 0 aliphatic carbocycles. The lowest BCUT2D eigenvalue weighted by Crippen LogP contribution is -2.36. The van der Waals surface area contributed by atoms with Crippen LogP contribution >= 0.6 is 0 Å². The normalized spacial score (nSPS) is 16.4. The summed E-state index contributed by atoms with van der Waals surface area (Å²) in [5.74, 6) is 0.189. The minimum Gasteiger partial charge on any atom is -0.492 e. The summed E-state index contributed by atoms with van der Waals surface area (Å²) in [6.07, 6.45) is -3.73. The predicted molar refractivity (Wildman–Crippen MR) is 71.9 cm³/mol. The van der Waals surface area contributed by atoms with Crippen molar-refractivity contribution in [2.24, 2.45) is 0 Å². The Labute approximate surface area is 121 Å². The van der Waals surface area contributed by atoms with Crippen molar-refractivity contribution in [3.63, 3.8) is 0 Å². The summed E-state index contributed by atoms with van der Waals surface area (Å²) in [4.78, 5) is -0.196. The number of hydrogen-bond donors (Lipinski definition) is 3. The summed E-state index contributed by atoms with van der Waals surface area (Å²) in [7, 11) is -4.10. The Hall–Kier alpha value is -1.45. The van der Waals surface area contributed by atoms with Gasteiger partial charge in [-0.1, -0.05) is 0 Å². The third-order valence-electron chi connectivity index (χ3n) is 3.05. The number of rotatable bonds is 5. The molecule has 0 aromatic heterocycles. The van der Waals surface area contributed by atoms with Gasteiger partial charge in [-0.2, -0.15) is 0 Å². The van der Waals surface area contributed by atoms with Gasteiger partial charge in [0.15, 0.2) is 0 Å². The summed E-state index contributed by atoms with van der Waals surface area (Å²) in [5, 5.41) is 9.00. The number of fused-ring (bicyclic) bond motifs is 1. The van der Waals surface area contributed by atoms with Gasteiger partial charge in [0.2, 0.25) is 10.0 Å². The number of sulfonamides is 1. The smallest absolute Gasteiger partial charge is 0.265 e. The molecule has 1 aromatic rings. The molecule has 0 saturated carbocycles. The van der Waals surface area contributed by atoms with E-state index in [1.54, 1.807) is 6.07 Å². The highest BCUT2D eigenvalue weighted by Gasteiger charge is 2.27. The van der Waals surface area contributed by atoms with Crippen LogP contribution in [0.1, 0.15) is 12.0 Å². The third-order valence-corrected chi connectivity index (χ3v) is 4.48. The van der Waals surface area contributed by atoms with Crippen molar-refractivity contribution in [2.45, 2.75) is 30.3 Å². The molecule has 0 radical (unpaired) electrons. The van der Waals surface area contributed by atoms with Crippen LogP contribution in [0.15, 0.2) is 17.0 Å². The van der Waals surface area contributed by atoms with Gasteiger partial charge in [-0.15, -0.1) is 0 Å². The average molecular weight is 322 g/mol. The predicted octanol–water partition coefficient (Wildman–Crippen LogP) is 0.498. The van der Waals surface area contributed by atoms with Gasteiger partial charge in [-0.3, -0.25) is 0 Å². The van der Waals surface area contributed by atoms with Gasteiger partial charge in [-0.25, -0.2) is 21.9 Å². The fourth-order valence-corrected chi connectivity index (χ4v) is 3.30. The van der Waals surface area contributed by atoms with Crippen LogP contribution in [-0.2, 0) is 16.4 Å². The second-order valence-corrected chi connectivity index (χ2v) is 6.45. The van der Waals surface area contributed by atoms with Crippen molar-refractivity contribution in [1.29, 1.82) is 0 Å². The zero-order valence-corrected chi connectivity index (χ0v) is 11.9. The van der Waals surface area contributed by atoms with E-state index < -0.39 is 29.1 Å². The maximum atomic E-state index is 12.2. The Morgan fingerprint density at radius 2 is 2.14 bits per heavy atom. The zero-order chi connectivity index (χ0) is 15.6. The maximum absolute atomic E-state index is 12.2. The van der Waals surface area contributed by atoms with Crippen LogP contribution in [-0.4, -0.2) is 39.2 Å². The molecule has 4 N–H and O–H groups in total. The molecule has 6 nitrogen and oxygen atoms in total. The molecule has 2 rings (SSSR count). The molecule has 0 bridgehead atoms. The van der Waals surface area contributed by atoms with Gasteiger partial charge in [0, 0.05) is 12.2 Å². The van der Waals surface area contributed by atoms with E-state index in [4.69, 9.17) is 15.6 Å². The molecular formula is C12H16F2N2O4S. The second kappa shape index (κ2) is 6.12. The quantitative estimate of drug-likeness (QED) is 0.685. The summed E-state index contributed by atoms with van der Waals surface area (Å²) >= 11 is 0. The molecule has 1 aliphatic rings. The minimum atomic E-state index is -4.10. The van der Waals surface area contributed by atoms with E-state index in [1.165, 1.54) is 6.07 Å². The highest BCUT2D eigenvalue weighted by molar-refractivity contribution is 7.89. The molecule has 1 atom stereocenters. The van der Waals surface area contributed by atoms with E-state index in [1.807, 2.05) is 4.72 Å². The average Bonchev–Trinajstić information content (AvgIpc) is 2.43. The number of aliphatic hydroxyl groups is 1. The van der Waals surface area contributed by atoms with Crippen LogP contribution in [0.4, 0.5) is 14.5 Å². The molecule has 1 heterocycles. The molecule has 0 saturated heterocycles. The van der Waals surface area contributed by atoms with E-state index in [0.29, 0.717) is 18.6 Å². The summed E-state index contributed by atoms with van der Waals surface area (Å²) in [6, 6.07) is 2.84. The van der Waals surface area contributed by atoms with Crippen LogP contribution in [0, 0.1) is 0 Å². The summed E-state index contributed by atoms with van der Waals surface area (Å²) in [6.45, 7) is -0.414. The van der Waals surface area contributed by atoms with E-state index in [2.05, 4.69) is 0 Å². The molecule has 0 amide bonds. The van der Waals surface area contributed by atoms with Gasteiger partial charge in [0.25, 0.3) is 6.43 Å².